The maximum atomic E-state index is 12.6. The summed E-state index contributed by atoms with van der Waals surface area (Å²) in [5, 5.41) is 20.8. The van der Waals surface area contributed by atoms with Gasteiger partial charge in [-0.2, -0.15) is 0 Å². The van der Waals surface area contributed by atoms with Crippen molar-refractivity contribution in [1.29, 1.82) is 0 Å². The van der Waals surface area contributed by atoms with Crippen LogP contribution >= 0.6 is 46.2 Å². The predicted molar refractivity (Wildman–Crippen MR) is 116 cm³/mol. The number of aliphatic carboxylic acids is 1. The first kappa shape index (κ1) is 21.5. The van der Waals surface area contributed by atoms with Crippen LogP contribution in [0.25, 0.3) is 0 Å². The summed E-state index contributed by atoms with van der Waals surface area (Å²) in [5.74, 6) is -3.13. The van der Waals surface area contributed by atoms with Gasteiger partial charge in [0.15, 0.2) is 9.47 Å². The molecule has 2 atom stereocenters. The van der Waals surface area contributed by atoms with E-state index >= 15 is 0 Å². The fourth-order valence-electron chi connectivity index (χ4n) is 2.94. The fourth-order valence-corrected chi connectivity index (χ4v) is 6.60. The van der Waals surface area contributed by atoms with Crippen molar-refractivity contribution in [3.05, 3.63) is 22.3 Å². The van der Waals surface area contributed by atoms with E-state index in [-0.39, 0.29) is 16.5 Å². The number of Topliss-reactive ketones (excluding diaryl/α,β-unsaturated/α-hetero) is 1. The first-order valence-electron chi connectivity index (χ1n) is 8.44. The molecule has 2 aliphatic heterocycles. The van der Waals surface area contributed by atoms with Crippen molar-refractivity contribution < 1.29 is 24.3 Å². The summed E-state index contributed by atoms with van der Waals surface area (Å²) in [6.45, 7) is 0. The minimum Gasteiger partial charge on any atom is -0.477 e. The van der Waals surface area contributed by atoms with Gasteiger partial charge in [0, 0.05) is 16.9 Å². The Morgan fingerprint density at radius 1 is 1.29 bits per heavy atom. The van der Waals surface area contributed by atoms with Gasteiger partial charge in [-0.1, -0.05) is 23.1 Å². The summed E-state index contributed by atoms with van der Waals surface area (Å²) in [6, 6.07) is -1.01. The molecule has 12 nitrogen and oxygen atoms in total. The van der Waals surface area contributed by atoms with Crippen LogP contribution in [0.5, 0.6) is 0 Å². The van der Waals surface area contributed by atoms with Crippen molar-refractivity contribution in [3.63, 3.8) is 0 Å². The number of thiazole rings is 1. The number of ketones is 1. The molecule has 2 amide bonds. The van der Waals surface area contributed by atoms with Crippen molar-refractivity contribution in [2.75, 3.05) is 23.0 Å². The molecule has 0 aromatic carbocycles. The number of aromatic nitrogens is 3. The number of β-lactam (4-membered cyclic amide) rings is 1. The summed E-state index contributed by atoms with van der Waals surface area (Å²) in [4.78, 5) is 53.8. The lowest BCUT2D eigenvalue weighted by Gasteiger charge is -2.49. The third kappa shape index (κ3) is 4.10. The number of rotatable bonds is 7. The smallest absolute Gasteiger partial charge is 0.352 e. The summed E-state index contributed by atoms with van der Waals surface area (Å²) >= 11 is 4.77. The molecule has 0 bridgehead atoms. The number of carbonyl (C=O) groups is 4. The average Bonchev–Trinajstić information content (AvgIpc) is 3.36. The number of hydrogen-bond acceptors (Lipinski definition) is 13. The van der Waals surface area contributed by atoms with Crippen molar-refractivity contribution in [1.82, 2.24) is 25.4 Å². The van der Waals surface area contributed by atoms with Crippen molar-refractivity contribution in [2.45, 2.75) is 15.8 Å². The van der Waals surface area contributed by atoms with Crippen molar-refractivity contribution in [2.24, 2.45) is 0 Å². The number of hydrogen-bond donors (Lipinski definition) is 4. The van der Waals surface area contributed by atoms with Crippen LogP contribution in [0.4, 0.5) is 10.3 Å². The zero-order valence-electron chi connectivity index (χ0n) is 15.3. The molecule has 0 radical (unpaired) electrons. The van der Waals surface area contributed by atoms with Crippen LogP contribution in [0, 0.1) is 0 Å². The number of carboxylic acids is 1. The van der Waals surface area contributed by atoms with Gasteiger partial charge in [-0.05, 0) is 5.57 Å². The van der Waals surface area contributed by atoms with Crippen LogP contribution in [0.3, 0.4) is 0 Å². The summed E-state index contributed by atoms with van der Waals surface area (Å²) < 4.78 is 0.586. The highest BCUT2D eigenvalue weighted by molar-refractivity contribution is 8.01. The van der Waals surface area contributed by atoms with Gasteiger partial charge in [-0.3, -0.25) is 19.3 Å². The van der Waals surface area contributed by atoms with Crippen LogP contribution in [0.2, 0.25) is 0 Å². The van der Waals surface area contributed by atoms with Gasteiger partial charge in [-0.25, -0.2) is 9.78 Å². The highest BCUT2D eigenvalue weighted by Gasteiger charge is 2.54. The number of nitrogens with two attached hydrogens (primary N) is 2. The van der Waals surface area contributed by atoms with Crippen LogP contribution in [-0.4, -0.2) is 71.7 Å². The summed E-state index contributed by atoms with van der Waals surface area (Å²) in [7, 11) is 0. The third-order valence-corrected chi connectivity index (χ3v) is 8.27. The molecule has 1 unspecified atom stereocenters. The van der Waals surface area contributed by atoms with E-state index in [0.717, 1.165) is 16.2 Å². The van der Waals surface area contributed by atoms with Gasteiger partial charge in [0.05, 0.1) is 0 Å². The zero-order chi connectivity index (χ0) is 22.3. The maximum Gasteiger partial charge on any atom is 0.352 e. The summed E-state index contributed by atoms with van der Waals surface area (Å²) in [5.41, 5.74) is 11.3. The zero-order valence-corrected chi connectivity index (χ0v) is 18.6. The van der Waals surface area contributed by atoms with Gasteiger partial charge in [-0.15, -0.1) is 33.3 Å². The Morgan fingerprint density at radius 2 is 2.06 bits per heavy atom. The van der Waals surface area contributed by atoms with Gasteiger partial charge in [0.25, 0.3) is 17.6 Å². The number of amides is 2. The van der Waals surface area contributed by atoms with E-state index in [2.05, 4.69) is 20.5 Å². The largest absolute Gasteiger partial charge is 0.477 e. The van der Waals surface area contributed by atoms with E-state index in [1.165, 1.54) is 40.2 Å². The quantitative estimate of drug-likeness (QED) is 0.171. The molecular formula is C15H13N7O5S4. The number of carboxylic acid groups (broad SMARTS) is 1. The minimum atomic E-state index is -1.25. The molecule has 2 aromatic heterocycles. The highest BCUT2D eigenvalue weighted by Crippen LogP contribution is 2.41. The van der Waals surface area contributed by atoms with Crippen molar-refractivity contribution >= 4 is 80.0 Å². The lowest BCUT2D eigenvalue weighted by molar-refractivity contribution is -0.150. The molecule has 0 spiro atoms. The Hall–Kier alpha value is -2.69. The van der Waals surface area contributed by atoms with Gasteiger partial charge in [0.2, 0.25) is 5.13 Å². The van der Waals surface area contributed by atoms with E-state index in [0.29, 0.717) is 26.6 Å². The Labute approximate surface area is 190 Å². The Bertz CT molecular complexity index is 1130. The highest BCUT2D eigenvalue weighted by atomic mass is 32.2. The second-order valence-electron chi connectivity index (χ2n) is 6.21. The molecule has 31 heavy (non-hydrogen) atoms. The van der Waals surface area contributed by atoms with E-state index in [4.69, 9.17) is 11.5 Å². The molecule has 6 N–H and O–H groups in total. The number of carbonyl (C=O) groups excluding carboxylic acids is 3. The van der Waals surface area contributed by atoms with Crippen LogP contribution < -0.4 is 16.8 Å². The topological polar surface area (TPSA) is 194 Å². The molecule has 2 aliphatic rings. The maximum absolute atomic E-state index is 12.6. The average molecular weight is 500 g/mol. The second kappa shape index (κ2) is 8.45. The van der Waals surface area contributed by atoms with Gasteiger partial charge in [0.1, 0.15) is 22.8 Å². The molecule has 4 heterocycles. The first-order chi connectivity index (χ1) is 14.8. The summed E-state index contributed by atoms with van der Waals surface area (Å²) in [6.07, 6.45) is 0. The minimum absolute atomic E-state index is 0.109. The Morgan fingerprint density at radius 3 is 2.68 bits per heavy atom. The number of nitrogens with one attached hydrogen (secondary N) is 1. The van der Waals surface area contributed by atoms with Crippen LogP contribution in [0.1, 0.15) is 10.5 Å². The number of fused-ring (bicyclic) bond motifs is 1. The van der Waals surface area contributed by atoms with Crippen LogP contribution in [0.15, 0.2) is 21.0 Å². The molecule has 0 saturated carbocycles. The van der Waals surface area contributed by atoms with Gasteiger partial charge >= 0.3 is 5.97 Å². The number of anilines is 2. The van der Waals surface area contributed by atoms with Crippen molar-refractivity contribution in [3.8, 4) is 0 Å². The second-order valence-corrected chi connectivity index (χ2v) is 10.4. The monoisotopic (exact) mass is 499 g/mol. The molecule has 162 valence electrons. The lowest BCUT2D eigenvalue weighted by Crippen LogP contribution is -2.71. The van der Waals surface area contributed by atoms with E-state index < -0.39 is 35.0 Å². The van der Waals surface area contributed by atoms with Gasteiger partial charge < -0.3 is 21.9 Å². The Balaban J connectivity index is 1.46. The molecule has 16 heteroatoms. The van der Waals surface area contributed by atoms with E-state index in [9.17, 15) is 24.3 Å². The molecule has 4 rings (SSSR count). The number of nitrogen functional groups attached to an aromatic ring is 2. The Kier molecular flexibility index (Phi) is 5.87. The standard InChI is InChI=1S/C15H13N7O5S4/c16-13-18-5(3-29-13)8(23)9(24)19-6-10(25)22-7(12(26)27)4(1-28-11(6)22)2-30-15-21-20-14(17)31-15/h3,6,11H,1-2H2,(H2,16,18)(H2,17,20)(H,19,24)(H,26,27)/t6?,11-/m0/s1. The molecular weight excluding hydrogens is 486 g/mol. The molecule has 0 aliphatic carbocycles. The fraction of sp³-hybridized carbons (Fsp3) is 0.267. The first-order valence-corrected chi connectivity index (χ1v) is 12.2. The molecule has 1 fully saturated rings. The third-order valence-electron chi connectivity index (χ3n) is 4.29. The molecule has 1 saturated heterocycles. The van der Waals surface area contributed by atoms with E-state index in [1.54, 1.807) is 0 Å². The molecule has 2 aromatic rings. The number of thioether (sulfide) groups is 2. The normalized spacial score (nSPS) is 20.3. The SMILES string of the molecule is Nc1nc(C(=O)C(=O)NC2C(=O)N3C(C(=O)O)=C(CSc4nnc(N)s4)CS[C@@H]23)cs1. The van der Waals surface area contributed by atoms with E-state index in [1.807, 2.05) is 0 Å². The van der Waals surface area contributed by atoms with Crippen LogP contribution in [-0.2, 0) is 14.4 Å². The lowest BCUT2D eigenvalue weighted by atomic mass is 10.0. The number of nitrogens with zero attached hydrogens (tertiary/aromatic N) is 4. The predicted octanol–water partition coefficient (Wildman–Crippen LogP) is -0.127.